The lowest BCUT2D eigenvalue weighted by molar-refractivity contribution is -0.138. The molecule has 8 rings (SSSR count). The number of hydrogen-bond acceptors (Lipinski definition) is 6. The van der Waals surface area contributed by atoms with Crippen molar-refractivity contribution in [3.63, 3.8) is 0 Å². The Kier molecular flexibility index (Phi) is 10.7. The zero-order valence-electron chi connectivity index (χ0n) is 34.3. The van der Waals surface area contributed by atoms with Crippen molar-refractivity contribution >= 4 is 28.6 Å². The van der Waals surface area contributed by atoms with Gasteiger partial charge in [-0.05, 0) is 163 Å². The van der Waals surface area contributed by atoms with Gasteiger partial charge in [0.05, 0.1) is 25.3 Å². The van der Waals surface area contributed by atoms with Crippen LogP contribution < -0.4 is 14.8 Å². The number of aliphatic carboxylic acids is 1. The molecule has 4 aliphatic rings. The average Bonchev–Trinajstić information content (AvgIpc) is 3.76. The Morgan fingerprint density at radius 1 is 0.930 bits per heavy atom. The Morgan fingerprint density at radius 2 is 1.72 bits per heavy atom. The first-order valence-electron chi connectivity index (χ1n) is 21.3. The van der Waals surface area contributed by atoms with Gasteiger partial charge < -0.3 is 19.9 Å². The highest BCUT2D eigenvalue weighted by Gasteiger charge is 2.60. The van der Waals surface area contributed by atoms with Gasteiger partial charge >= 0.3 is 11.9 Å². The number of carbonyl (C=O) groups is 3. The van der Waals surface area contributed by atoms with E-state index >= 15 is 0 Å². The van der Waals surface area contributed by atoms with Crippen LogP contribution in [0.5, 0.6) is 11.5 Å². The number of carboxylic acid groups (broad SMARTS) is 1. The minimum absolute atomic E-state index is 0.154. The Morgan fingerprint density at radius 3 is 2.53 bits per heavy atom. The van der Waals surface area contributed by atoms with Crippen LogP contribution in [0.4, 0.5) is 0 Å². The lowest BCUT2D eigenvalue weighted by atomic mass is 9.44. The molecule has 4 aromatic rings. The quantitative estimate of drug-likeness (QED) is 0.109. The fourth-order valence-corrected chi connectivity index (χ4v) is 12.4. The Labute approximate surface area is 336 Å². The van der Waals surface area contributed by atoms with E-state index < -0.39 is 11.9 Å². The van der Waals surface area contributed by atoms with Gasteiger partial charge in [-0.25, -0.2) is 0 Å². The van der Waals surface area contributed by atoms with E-state index in [1.165, 1.54) is 49.8 Å². The second kappa shape index (κ2) is 15.6. The van der Waals surface area contributed by atoms with E-state index in [2.05, 4.69) is 43.0 Å². The molecule has 2 N–H and O–H groups in total. The number of ether oxygens (including phenoxy) is 2. The summed E-state index contributed by atoms with van der Waals surface area (Å²) in [4.78, 5) is 36.5. The molecule has 57 heavy (non-hydrogen) atoms. The van der Waals surface area contributed by atoms with E-state index in [4.69, 9.17) is 19.7 Å². The molecule has 0 radical (unpaired) electrons. The maximum atomic E-state index is 13.3. The zero-order chi connectivity index (χ0) is 40.1. The SMILES string of the molecule is COc1ccc2cc([C@H](C)C(=O)Oc3cccc(Cn4cc5c(n4)CC4CCC6C(CC[C@@]7(C)C6CCC7[C@H](C)CCC(=O)NCC(=O)O)[C@@]4(C)C5)c3)ccc2c1. The van der Waals surface area contributed by atoms with Gasteiger partial charge in [-0.1, -0.05) is 57.2 Å². The van der Waals surface area contributed by atoms with E-state index in [1.807, 2.05) is 61.5 Å². The molecule has 1 heterocycles. The van der Waals surface area contributed by atoms with Crippen LogP contribution in [0, 0.1) is 46.3 Å². The number of carboxylic acids is 1. The number of rotatable bonds is 12. The highest BCUT2D eigenvalue weighted by Crippen LogP contribution is 2.68. The molecular weight excluding hydrogens is 715 g/mol. The van der Waals surface area contributed by atoms with Crippen molar-refractivity contribution in [3.8, 4) is 11.5 Å². The molecule has 0 aliphatic heterocycles. The summed E-state index contributed by atoms with van der Waals surface area (Å²) in [5.74, 6) is 3.39. The summed E-state index contributed by atoms with van der Waals surface area (Å²) in [6.45, 7) is 9.68. The van der Waals surface area contributed by atoms with Gasteiger partial charge in [0.25, 0.3) is 0 Å². The third-order valence-corrected chi connectivity index (χ3v) is 15.4. The molecule has 0 bridgehead atoms. The van der Waals surface area contributed by atoms with E-state index in [-0.39, 0.29) is 23.8 Å². The second-order valence-electron chi connectivity index (χ2n) is 18.5. The predicted octanol–water partition coefficient (Wildman–Crippen LogP) is 8.99. The molecule has 3 saturated carbocycles. The van der Waals surface area contributed by atoms with Crippen LogP contribution in [0.1, 0.15) is 107 Å². The number of fused-ring (bicyclic) bond motifs is 7. The molecular formula is C48H59N3O6. The van der Waals surface area contributed by atoms with Crippen LogP contribution in [0.15, 0.2) is 66.9 Å². The average molecular weight is 774 g/mol. The molecule has 1 amide bonds. The molecule has 5 unspecified atom stereocenters. The highest BCUT2D eigenvalue weighted by molar-refractivity contribution is 5.87. The summed E-state index contributed by atoms with van der Waals surface area (Å²) in [5.41, 5.74) is 5.18. The van der Waals surface area contributed by atoms with Crippen LogP contribution in [0.3, 0.4) is 0 Å². The maximum absolute atomic E-state index is 13.3. The van der Waals surface area contributed by atoms with Crippen LogP contribution in [-0.4, -0.2) is 46.4 Å². The number of hydrogen-bond donors (Lipinski definition) is 2. The number of carbonyl (C=O) groups excluding carboxylic acids is 2. The molecule has 0 spiro atoms. The van der Waals surface area contributed by atoms with E-state index in [9.17, 15) is 14.4 Å². The highest BCUT2D eigenvalue weighted by atomic mass is 16.5. The van der Waals surface area contributed by atoms with Gasteiger partial charge in [0.2, 0.25) is 5.91 Å². The minimum atomic E-state index is -1.00. The molecule has 9 nitrogen and oxygen atoms in total. The van der Waals surface area contributed by atoms with Gasteiger partial charge in [0, 0.05) is 12.6 Å². The van der Waals surface area contributed by atoms with Crippen molar-refractivity contribution in [1.29, 1.82) is 0 Å². The number of esters is 1. The zero-order valence-corrected chi connectivity index (χ0v) is 34.3. The number of amides is 1. The maximum Gasteiger partial charge on any atom is 0.322 e. The third-order valence-electron chi connectivity index (χ3n) is 15.4. The van der Waals surface area contributed by atoms with Crippen molar-refractivity contribution in [1.82, 2.24) is 15.1 Å². The molecule has 1 aromatic heterocycles. The molecule has 9 atom stereocenters. The standard InChI is InChI=1S/C48H59N3O6/c1-29(9-18-44(52)49-26-45(53)54)40-16-17-41-39-15-13-36-24-43-35(25-48(36,4)42(39)19-20-47(40,41)3)28-51(50-43)27-31-7-6-8-38(21-31)57-46(55)30(2)32-10-11-34-23-37(56-5)14-12-33(34)22-32/h6-8,10-12,14,21-23,28-30,36,39-42H,9,13,15-20,24-27H2,1-5H3,(H,49,52)(H,53,54)/t29-,30+,36?,39?,40?,41?,42?,47-,48+/m1/s1. The summed E-state index contributed by atoms with van der Waals surface area (Å²) in [6.07, 6.45) is 13.2. The minimum Gasteiger partial charge on any atom is -0.497 e. The molecule has 4 aliphatic carbocycles. The van der Waals surface area contributed by atoms with Gasteiger partial charge in [0.1, 0.15) is 18.0 Å². The first-order chi connectivity index (χ1) is 27.3. The Balaban J connectivity index is 0.899. The summed E-state index contributed by atoms with van der Waals surface area (Å²) < 4.78 is 13.4. The summed E-state index contributed by atoms with van der Waals surface area (Å²) >= 11 is 0. The lowest BCUT2D eigenvalue weighted by Crippen LogP contribution is -2.54. The van der Waals surface area contributed by atoms with Crippen molar-refractivity contribution in [2.24, 2.45) is 46.3 Å². The van der Waals surface area contributed by atoms with Crippen molar-refractivity contribution in [2.75, 3.05) is 13.7 Å². The number of benzene rings is 3. The van der Waals surface area contributed by atoms with Crippen LogP contribution >= 0.6 is 0 Å². The largest absolute Gasteiger partial charge is 0.497 e. The Bertz CT molecular complexity index is 2160. The Hall–Kier alpha value is -4.66. The van der Waals surface area contributed by atoms with Gasteiger partial charge in [-0.2, -0.15) is 5.10 Å². The third kappa shape index (κ3) is 7.59. The van der Waals surface area contributed by atoms with Gasteiger partial charge in [-0.3, -0.25) is 19.1 Å². The smallest absolute Gasteiger partial charge is 0.322 e. The van der Waals surface area contributed by atoms with E-state index in [0.29, 0.717) is 47.8 Å². The predicted molar refractivity (Wildman–Crippen MR) is 220 cm³/mol. The molecule has 302 valence electrons. The monoisotopic (exact) mass is 773 g/mol. The lowest BCUT2D eigenvalue weighted by Gasteiger charge is -2.60. The molecule has 0 saturated heterocycles. The number of methoxy groups -OCH3 is 1. The summed E-state index contributed by atoms with van der Waals surface area (Å²) in [7, 11) is 1.66. The second-order valence-corrected chi connectivity index (χ2v) is 18.5. The summed E-state index contributed by atoms with van der Waals surface area (Å²) in [6, 6.07) is 19.8. The number of nitrogens with one attached hydrogen (secondary N) is 1. The van der Waals surface area contributed by atoms with E-state index in [1.54, 1.807) is 7.11 Å². The first-order valence-corrected chi connectivity index (χ1v) is 21.3. The summed E-state index contributed by atoms with van der Waals surface area (Å²) in [5, 5.41) is 18.7. The van der Waals surface area contributed by atoms with Crippen molar-refractivity contribution < 1.29 is 29.0 Å². The molecule has 3 fully saturated rings. The van der Waals surface area contributed by atoms with Crippen LogP contribution in [-0.2, 0) is 33.8 Å². The molecule has 9 heteroatoms. The van der Waals surface area contributed by atoms with Crippen molar-refractivity contribution in [2.45, 2.75) is 104 Å². The molecule has 3 aromatic carbocycles. The van der Waals surface area contributed by atoms with Gasteiger partial charge in [0.15, 0.2) is 0 Å². The topological polar surface area (TPSA) is 120 Å². The van der Waals surface area contributed by atoms with E-state index in [0.717, 1.165) is 58.7 Å². The number of nitrogens with zero attached hydrogens (tertiary/aromatic N) is 2. The van der Waals surface area contributed by atoms with Gasteiger partial charge in [-0.15, -0.1) is 0 Å². The van der Waals surface area contributed by atoms with Crippen LogP contribution in [0.25, 0.3) is 10.8 Å². The fraction of sp³-hybridized carbons (Fsp3) is 0.542. The fourth-order valence-electron chi connectivity index (χ4n) is 12.4. The normalized spacial score (nSPS) is 28.6. The van der Waals surface area contributed by atoms with Crippen molar-refractivity contribution in [3.05, 3.63) is 89.2 Å². The first kappa shape index (κ1) is 39.2. The number of aromatic nitrogens is 2. The van der Waals surface area contributed by atoms with Crippen LogP contribution in [0.2, 0.25) is 0 Å².